The molecule has 10 nitrogen and oxygen atoms in total. The highest BCUT2D eigenvalue weighted by Gasteiger charge is 2.69. The van der Waals surface area contributed by atoms with Gasteiger partial charge in [0.05, 0.1) is 22.7 Å². The van der Waals surface area contributed by atoms with Crippen LogP contribution >= 0.6 is 0 Å². The molecular formula is C16H14FN7O3. The van der Waals surface area contributed by atoms with Crippen LogP contribution in [0.5, 0.6) is 0 Å². The maximum atomic E-state index is 14.5. The second-order valence-electron chi connectivity index (χ2n) is 7.05. The van der Waals surface area contributed by atoms with Gasteiger partial charge in [0.1, 0.15) is 5.82 Å². The van der Waals surface area contributed by atoms with E-state index >= 15 is 0 Å². The second kappa shape index (κ2) is 5.47. The first-order valence-corrected chi connectivity index (χ1v) is 8.06. The molecule has 2 aromatic heterocycles. The zero-order valence-corrected chi connectivity index (χ0v) is 14.2. The van der Waals surface area contributed by atoms with Crippen molar-refractivity contribution in [1.29, 1.82) is 5.26 Å². The van der Waals surface area contributed by atoms with Crippen molar-refractivity contribution in [3.63, 3.8) is 0 Å². The number of rotatable bonds is 4. The van der Waals surface area contributed by atoms with Gasteiger partial charge >= 0.3 is 6.09 Å². The Bertz CT molecular complexity index is 1010. The van der Waals surface area contributed by atoms with E-state index in [1.165, 1.54) is 11.7 Å². The third-order valence-electron chi connectivity index (χ3n) is 5.04. The number of nitriles is 1. The number of aromatic nitrogens is 4. The Kier molecular flexibility index (Phi) is 3.42. The lowest BCUT2D eigenvalue weighted by atomic mass is 9.40. The summed E-state index contributed by atoms with van der Waals surface area (Å²) in [6, 6.07) is 3.24. The van der Waals surface area contributed by atoms with E-state index in [-0.39, 0.29) is 28.2 Å². The minimum Gasteiger partial charge on any atom is -0.465 e. The summed E-state index contributed by atoms with van der Waals surface area (Å²) in [5, 5.41) is 30.3. The number of nitrogens with one attached hydrogen (secondary N) is 2. The molecule has 0 spiro atoms. The van der Waals surface area contributed by atoms with Crippen LogP contribution in [0.1, 0.15) is 29.6 Å². The Balaban J connectivity index is 1.55. The molecule has 11 heteroatoms. The van der Waals surface area contributed by atoms with Gasteiger partial charge in [0.2, 0.25) is 0 Å². The predicted octanol–water partition coefficient (Wildman–Crippen LogP) is 1.28. The van der Waals surface area contributed by atoms with E-state index in [0.717, 1.165) is 12.3 Å². The molecule has 3 aliphatic rings. The largest absolute Gasteiger partial charge is 0.465 e. The smallest absolute Gasteiger partial charge is 0.410 e. The van der Waals surface area contributed by atoms with Gasteiger partial charge in [0.25, 0.3) is 5.91 Å². The third-order valence-corrected chi connectivity index (χ3v) is 5.04. The monoisotopic (exact) mass is 371 g/mol. The second-order valence-corrected chi connectivity index (χ2v) is 7.05. The number of nitrogens with zero attached hydrogens (tertiary/aromatic N) is 5. The van der Waals surface area contributed by atoms with Crippen LogP contribution < -0.4 is 10.6 Å². The van der Waals surface area contributed by atoms with Crippen molar-refractivity contribution in [2.45, 2.75) is 24.8 Å². The average Bonchev–Trinajstić information content (AvgIpc) is 2.89. The summed E-state index contributed by atoms with van der Waals surface area (Å²) in [5.41, 5.74) is -0.892. The van der Waals surface area contributed by atoms with E-state index < -0.39 is 23.4 Å². The molecule has 0 saturated heterocycles. The van der Waals surface area contributed by atoms with Crippen molar-refractivity contribution in [3.05, 3.63) is 23.6 Å². The van der Waals surface area contributed by atoms with Gasteiger partial charge in [-0.1, -0.05) is 5.21 Å². The van der Waals surface area contributed by atoms with Crippen LogP contribution in [0.2, 0.25) is 0 Å². The normalized spacial score (nSPS) is 24.9. The molecule has 2 aromatic rings. The van der Waals surface area contributed by atoms with E-state index in [9.17, 15) is 14.0 Å². The van der Waals surface area contributed by atoms with E-state index in [0.29, 0.717) is 19.3 Å². The summed E-state index contributed by atoms with van der Waals surface area (Å²) < 4.78 is 15.7. The molecule has 0 atom stereocenters. The number of halogens is 1. The SMILES string of the molecule is Cn1nnc(-c2cc(F)c(C(=O)NC34CC(C#N)(C3)C4)cn2)c1NC(=O)O. The Labute approximate surface area is 152 Å². The Hall–Kier alpha value is -3.55. The topological polar surface area (TPSA) is 146 Å². The van der Waals surface area contributed by atoms with Crippen LogP contribution in [0.3, 0.4) is 0 Å². The maximum absolute atomic E-state index is 14.5. The zero-order chi connectivity index (χ0) is 19.4. The van der Waals surface area contributed by atoms with Crippen molar-refractivity contribution in [2.24, 2.45) is 12.5 Å². The van der Waals surface area contributed by atoms with Gasteiger partial charge in [-0.15, -0.1) is 5.10 Å². The number of amides is 2. The molecule has 5 rings (SSSR count). The molecule has 3 N–H and O–H groups in total. The van der Waals surface area contributed by atoms with Crippen molar-refractivity contribution in [1.82, 2.24) is 25.3 Å². The van der Waals surface area contributed by atoms with Gasteiger partial charge < -0.3 is 10.4 Å². The van der Waals surface area contributed by atoms with Crippen molar-refractivity contribution in [2.75, 3.05) is 5.32 Å². The van der Waals surface area contributed by atoms with E-state index in [1.807, 2.05) is 0 Å². The lowest BCUT2D eigenvalue weighted by Gasteiger charge is -2.66. The fourth-order valence-corrected chi connectivity index (χ4v) is 3.85. The lowest BCUT2D eigenvalue weighted by molar-refractivity contribution is -0.102. The van der Waals surface area contributed by atoms with Crippen LogP contribution in [-0.4, -0.2) is 42.6 Å². The molecule has 3 saturated carbocycles. The number of hydrogen-bond donors (Lipinski definition) is 3. The van der Waals surface area contributed by atoms with Crippen LogP contribution in [0, 0.1) is 22.6 Å². The van der Waals surface area contributed by atoms with Gasteiger partial charge in [-0.3, -0.25) is 15.1 Å². The average molecular weight is 371 g/mol. The fraction of sp³-hybridized carbons (Fsp3) is 0.375. The molecule has 2 amide bonds. The van der Waals surface area contributed by atoms with E-state index in [1.54, 1.807) is 0 Å². The number of anilines is 1. The molecule has 0 radical (unpaired) electrons. The lowest BCUT2D eigenvalue weighted by Crippen LogP contribution is -2.74. The highest BCUT2D eigenvalue weighted by molar-refractivity contribution is 5.95. The number of aryl methyl sites for hydroxylation is 1. The van der Waals surface area contributed by atoms with Gasteiger partial charge in [0.15, 0.2) is 11.5 Å². The molecule has 2 heterocycles. The highest BCUT2D eigenvalue weighted by atomic mass is 19.1. The summed E-state index contributed by atoms with van der Waals surface area (Å²) >= 11 is 0. The van der Waals surface area contributed by atoms with Gasteiger partial charge in [-0.2, -0.15) is 5.26 Å². The number of carboxylic acid groups (broad SMARTS) is 1. The highest BCUT2D eigenvalue weighted by Crippen LogP contribution is 2.66. The molecule has 0 aliphatic heterocycles. The standard InChI is InChI=1S/C16H14FN7O3/c1-24-12(20-14(26)27)11(22-23-24)10-2-9(17)8(3-19-10)13(25)21-16-4-15(5-16,6-16)7-18/h2-3,20H,4-6H2,1H3,(H,21,25)(H,26,27). The van der Waals surface area contributed by atoms with Crippen molar-refractivity contribution in [3.8, 4) is 17.5 Å². The summed E-state index contributed by atoms with van der Waals surface area (Å²) in [4.78, 5) is 27.3. The first-order valence-electron chi connectivity index (χ1n) is 8.06. The minimum atomic E-state index is -1.33. The molecule has 27 heavy (non-hydrogen) atoms. The predicted molar refractivity (Wildman–Crippen MR) is 87.9 cm³/mol. The number of carbonyl (C=O) groups excluding carboxylic acids is 1. The first kappa shape index (κ1) is 16.9. The quantitative estimate of drug-likeness (QED) is 0.734. The molecule has 0 unspecified atom stereocenters. The van der Waals surface area contributed by atoms with Crippen LogP contribution in [-0.2, 0) is 7.05 Å². The Morgan fingerprint density at radius 3 is 2.70 bits per heavy atom. The first-order chi connectivity index (χ1) is 12.8. The number of hydrogen-bond acceptors (Lipinski definition) is 6. The van der Waals surface area contributed by atoms with E-state index in [4.69, 9.17) is 10.4 Å². The Morgan fingerprint density at radius 2 is 2.11 bits per heavy atom. The molecule has 0 aromatic carbocycles. The van der Waals surface area contributed by atoms with Crippen LogP contribution in [0.4, 0.5) is 15.0 Å². The van der Waals surface area contributed by atoms with E-state index in [2.05, 4.69) is 32.0 Å². The number of carbonyl (C=O) groups is 2. The zero-order valence-electron chi connectivity index (χ0n) is 14.2. The summed E-state index contributed by atoms with van der Waals surface area (Å²) in [6.45, 7) is 0. The maximum Gasteiger partial charge on any atom is 0.410 e. The van der Waals surface area contributed by atoms with Gasteiger partial charge in [-0.25, -0.2) is 13.9 Å². The summed E-state index contributed by atoms with van der Waals surface area (Å²) in [5.74, 6) is -1.38. The van der Waals surface area contributed by atoms with Gasteiger partial charge in [-0.05, 0) is 19.3 Å². The summed E-state index contributed by atoms with van der Waals surface area (Å²) in [6.07, 6.45) is 1.49. The Morgan fingerprint density at radius 1 is 1.41 bits per heavy atom. The molecular weight excluding hydrogens is 357 g/mol. The molecule has 138 valence electrons. The number of pyridine rings is 1. The molecule has 3 fully saturated rings. The molecule has 3 aliphatic carbocycles. The van der Waals surface area contributed by atoms with Crippen molar-refractivity contribution < 1.29 is 19.1 Å². The van der Waals surface area contributed by atoms with Crippen molar-refractivity contribution >= 4 is 17.8 Å². The summed E-state index contributed by atoms with van der Waals surface area (Å²) in [7, 11) is 1.47. The van der Waals surface area contributed by atoms with Crippen LogP contribution in [0.25, 0.3) is 11.4 Å². The molecule has 2 bridgehead atoms. The van der Waals surface area contributed by atoms with Crippen LogP contribution in [0.15, 0.2) is 12.3 Å². The third kappa shape index (κ3) is 2.57. The minimum absolute atomic E-state index is 0.0299. The fourth-order valence-electron chi connectivity index (χ4n) is 3.85. The van der Waals surface area contributed by atoms with Gasteiger partial charge in [0, 0.05) is 24.8 Å².